The summed E-state index contributed by atoms with van der Waals surface area (Å²) in [6.45, 7) is 6.15. The third-order valence-electron chi connectivity index (χ3n) is 4.39. The number of piperidine rings is 1. The molecule has 0 saturated carbocycles. The second-order valence-electron chi connectivity index (χ2n) is 6.66. The third-order valence-corrected chi connectivity index (χ3v) is 4.39. The van der Waals surface area contributed by atoms with Gasteiger partial charge in [-0.25, -0.2) is 4.99 Å². The van der Waals surface area contributed by atoms with Gasteiger partial charge in [0.1, 0.15) is 6.54 Å². The van der Waals surface area contributed by atoms with E-state index in [1.807, 2.05) is 6.92 Å². The van der Waals surface area contributed by atoms with Crippen molar-refractivity contribution in [2.75, 3.05) is 40.3 Å². The van der Waals surface area contributed by atoms with Crippen molar-refractivity contribution in [1.82, 2.24) is 20.4 Å². The molecule has 7 heteroatoms. The summed E-state index contributed by atoms with van der Waals surface area (Å²) in [7, 11) is 3.50. The summed E-state index contributed by atoms with van der Waals surface area (Å²) in [5, 5.41) is 6.71. The van der Waals surface area contributed by atoms with Gasteiger partial charge in [-0.05, 0) is 25.3 Å². The summed E-state index contributed by atoms with van der Waals surface area (Å²) in [4.78, 5) is 20.2. The summed E-state index contributed by atoms with van der Waals surface area (Å²) in [5.74, 6) is 0.745. The minimum atomic E-state index is 0. The Kier molecular flexibility index (Phi) is 10.6. The molecule has 6 nitrogen and oxygen atoms in total. The van der Waals surface area contributed by atoms with Crippen molar-refractivity contribution in [2.45, 2.75) is 32.4 Å². The maximum Gasteiger partial charge on any atom is 0.243 e. The van der Waals surface area contributed by atoms with Gasteiger partial charge in [0, 0.05) is 46.3 Å². The molecular formula is C19H32IN5O. The number of likely N-dealkylation sites (tertiary alicyclic amines) is 1. The van der Waals surface area contributed by atoms with Gasteiger partial charge >= 0.3 is 0 Å². The molecule has 1 aliphatic heterocycles. The first-order valence-electron chi connectivity index (χ1n) is 9.09. The van der Waals surface area contributed by atoms with E-state index < -0.39 is 0 Å². The Hall–Kier alpha value is -1.35. The van der Waals surface area contributed by atoms with Crippen LogP contribution in [-0.2, 0) is 11.3 Å². The van der Waals surface area contributed by atoms with Gasteiger partial charge in [0.05, 0.1) is 0 Å². The number of benzene rings is 1. The Bertz CT molecular complexity index is 556. The lowest BCUT2D eigenvalue weighted by atomic mass is 10.0. The number of nitrogens with zero attached hydrogens (tertiary/aromatic N) is 3. The Morgan fingerprint density at radius 2 is 1.88 bits per heavy atom. The monoisotopic (exact) mass is 473 g/mol. The lowest BCUT2D eigenvalue weighted by Crippen LogP contribution is -2.48. The van der Waals surface area contributed by atoms with Crippen molar-refractivity contribution < 1.29 is 4.79 Å². The lowest BCUT2D eigenvalue weighted by molar-refractivity contribution is -0.127. The van der Waals surface area contributed by atoms with E-state index in [2.05, 4.69) is 50.9 Å². The summed E-state index contributed by atoms with van der Waals surface area (Å²) in [5.41, 5.74) is 1.37. The van der Waals surface area contributed by atoms with Crippen molar-refractivity contribution in [3.63, 3.8) is 0 Å². The molecule has 146 valence electrons. The molecule has 0 unspecified atom stereocenters. The van der Waals surface area contributed by atoms with Gasteiger partial charge in [-0.3, -0.25) is 9.69 Å². The fraction of sp³-hybridized carbons (Fsp3) is 0.579. The first kappa shape index (κ1) is 22.7. The molecule has 1 aromatic carbocycles. The van der Waals surface area contributed by atoms with Crippen LogP contribution in [0.15, 0.2) is 35.3 Å². The fourth-order valence-corrected chi connectivity index (χ4v) is 2.88. The minimum absolute atomic E-state index is 0. The summed E-state index contributed by atoms with van der Waals surface area (Å²) in [6, 6.07) is 11.0. The van der Waals surface area contributed by atoms with E-state index in [4.69, 9.17) is 0 Å². The summed E-state index contributed by atoms with van der Waals surface area (Å²) < 4.78 is 0. The Morgan fingerprint density at radius 1 is 1.23 bits per heavy atom. The van der Waals surface area contributed by atoms with Gasteiger partial charge in [-0.15, -0.1) is 24.0 Å². The van der Waals surface area contributed by atoms with Gasteiger partial charge < -0.3 is 15.5 Å². The number of nitrogens with one attached hydrogen (secondary N) is 2. The molecule has 26 heavy (non-hydrogen) atoms. The highest BCUT2D eigenvalue weighted by Crippen LogP contribution is 2.13. The Labute approximate surface area is 174 Å². The van der Waals surface area contributed by atoms with Crippen LogP contribution in [0.5, 0.6) is 0 Å². The number of halogens is 1. The molecule has 1 amide bonds. The van der Waals surface area contributed by atoms with Gasteiger partial charge in [0.2, 0.25) is 5.91 Å². The van der Waals surface area contributed by atoms with Crippen LogP contribution in [0, 0.1) is 0 Å². The zero-order valence-electron chi connectivity index (χ0n) is 16.1. The largest absolute Gasteiger partial charge is 0.357 e. The zero-order chi connectivity index (χ0) is 18.1. The van der Waals surface area contributed by atoms with Crippen molar-refractivity contribution in [1.29, 1.82) is 0 Å². The van der Waals surface area contributed by atoms with Crippen molar-refractivity contribution in [3.8, 4) is 0 Å². The molecule has 1 aromatic rings. The van der Waals surface area contributed by atoms with Crippen LogP contribution in [-0.4, -0.2) is 68.0 Å². The number of carbonyl (C=O) groups excluding carboxylic acids is 1. The van der Waals surface area contributed by atoms with Crippen LogP contribution >= 0.6 is 24.0 Å². The smallest absolute Gasteiger partial charge is 0.243 e. The number of amides is 1. The predicted molar refractivity (Wildman–Crippen MR) is 118 cm³/mol. The second-order valence-corrected chi connectivity index (χ2v) is 6.66. The molecule has 0 bridgehead atoms. The zero-order valence-corrected chi connectivity index (χ0v) is 18.4. The van der Waals surface area contributed by atoms with E-state index in [0.29, 0.717) is 6.04 Å². The molecule has 0 aromatic heterocycles. The first-order chi connectivity index (χ1) is 12.1. The standard InChI is InChI=1S/C19H31N5O.HI/c1-4-20-19(21-14-18(25)23(2)3)22-17-10-12-24(13-11-17)15-16-8-6-5-7-9-16;/h5-9,17H,4,10-15H2,1-3H3,(H2,20,21,22);1H. The highest BCUT2D eigenvalue weighted by Gasteiger charge is 2.20. The highest BCUT2D eigenvalue weighted by atomic mass is 127. The lowest BCUT2D eigenvalue weighted by Gasteiger charge is -2.33. The molecular weight excluding hydrogens is 441 g/mol. The molecule has 0 aliphatic carbocycles. The molecule has 1 fully saturated rings. The normalized spacial score (nSPS) is 15.9. The number of guanidine groups is 1. The van der Waals surface area contributed by atoms with Crippen molar-refractivity contribution in [2.24, 2.45) is 4.99 Å². The molecule has 0 radical (unpaired) electrons. The van der Waals surface area contributed by atoms with Gasteiger partial charge in [0.25, 0.3) is 0 Å². The second kappa shape index (κ2) is 12.1. The molecule has 1 saturated heterocycles. The Balaban J connectivity index is 0.00000338. The maximum atomic E-state index is 11.7. The average Bonchev–Trinajstić information content (AvgIpc) is 2.62. The molecule has 0 atom stereocenters. The van der Waals surface area contributed by atoms with Crippen LogP contribution in [0.1, 0.15) is 25.3 Å². The van der Waals surface area contributed by atoms with Gasteiger partial charge in [-0.2, -0.15) is 0 Å². The van der Waals surface area contributed by atoms with E-state index >= 15 is 0 Å². The summed E-state index contributed by atoms with van der Waals surface area (Å²) in [6.07, 6.45) is 2.16. The topological polar surface area (TPSA) is 60.0 Å². The summed E-state index contributed by atoms with van der Waals surface area (Å²) >= 11 is 0. The first-order valence-corrected chi connectivity index (χ1v) is 9.09. The third kappa shape index (κ3) is 7.90. The SMILES string of the molecule is CCNC(=NCC(=O)N(C)C)NC1CCN(Cc2ccccc2)CC1.I. The maximum absolute atomic E-state index is 11.7. The van der Waals surface area contributed by atoms with Crippen LogP contribution in [0.2, 0.25) is 0 Å². The number of likely N-dealkylation sites (N-methyl/N-ethyl adjacent to an activating group) is 1. The van der Waals surface area contributed by atoms with Crippen molar-refractivity contribution in [3.05, 3.63) is 35.9 Å². The Morgan fingerprint density at radius 3 is 2.46 bits per heavy atom. The highest BCUT2D eigenvalue weighted by molar-refractivity contribution is 14.0. The molecule has 2 rings (SSSR count). The molecule has 2 N–H and O–H groups in total. The van der Waals surface area contributed by atoms with E-state index in [9.17, 15) is 4.79 Å². The number of aliphatic imine (C=N–C) groups is 1. The van der Waals surface area contributed by atoms with E-state index in [1.54, 1.807) is 19.0 Å². The number of hydrogen-bond donors (Lipinski definition) is 2. The quantitative estimate of drug-likeness (QED) is 0.377. The van der Waals surface area contributed by atoms with Crippen LogP contribution in [0.25, 0.3) is 0 Å². The predicted octanol–water partition coefficient (Wildman–Crippen LogP) is 1.91. The number of hydrogen-bond acceptors (Lipinski definition) is 3. The molecule has 0 spiro atoms. The van der Waals surface area contributed by atoms with Crippen LogP contribution in [0.4, 0.5) is 0 Å². The van der Waals surface area contributed by atoms with E-state index in [-0.39, 0.29) is 36.4 Å². The average molecular weight is 473 g/mol. The van der Waals surface area contributed by atoms with Crippen molar-refractivity contribution >= 4 is 35.8 Å². The fourth-order valence-electron chi connectivity index (χ4n) is 2.88. The minimum Gasteiger partial charge on any atom is -0.357 e. The van der Waals surface area contributed by atoms with Crippen LogP contribution < -0.4 is 10.6 Å². The van der Waals surface area contributed by atoms with Gasteiger partial charge in [-0.1, -0.05) is 30.3 Å². The van der Waals surface area contributed by atoms with Crippen LogP contribution in [0.3, 0.4) is 0 Å². The number of carbonyl (C=O) groups is 1. The number of rotatable bonds is 6. The van der Waals surface area contributed by atoms with E-state index in [0.717, 1.165) is 45.0 Å². The molecule has 1 heterocycles. The van der Waals surface area contributed by atoms with E-state index in [1.165, 1.54) is 5.56 Å². The molecule has 1 aliphatic rings. The van der Waals surface area contributed by atoms with Gasteiger partial charge in [0.15, 0.2) is 5.96 Å².